The molecule has 0 heterocycles. The van der Waals surface area contributed by atoms with Crippen LogP contribution < -0.4 is 0 Å². The highest BCUT2D eigenvalue weighted by molar-refractivity contribution is 5.76. The van der Waals surface area contributed by atoms with Crippen LogP contribution in [0.4, 0.5) is 8.78 Å². The lowest BCUT2D eigenvalue weighted by atomic mass is 9.84. The Morgan fingerprint density at radius 2 is 1.29 bits per heavy atom. The zero-order valence-electron chi connectivity index (χ0n) is 11.0. The third-order valence-corrected chi connectivity index (χ3v) is 3.29. The Morgan fingerprint density at radius 1 is 0.905 bits per heavy atom. The third-order valence-electron chi connectivity index (χ3n) is 3.29. The van der Waals surface area contributed by atoms with E-state index in [0.717, 1.165) is 0 Å². The highest BCUT2D eigenvalue weighted by Gasteiger charge is 2.51. The summed E-state index contributed by atoms with van der Waals surface area (Å²) in [7, 11) is 0. The van der Waals surface area contributed by atoms with Gasteiger partial charge in [0, 0.05) is 5.92 Å². The van der Waals surface area contributed by atoms with Crippen molar-refractivity contribution in [3.05, 3.63) is 71.8 Å². The molecule has 5 heteroatoms. The second-order valence-electron chi connectivity index (χ2n) is 4.67. The van der Waals surface area contributed by atoms with Crippen molar-refractivity contribution in [2.75, 3.05) is 0 Å². The molecule has 2 aromatic rings. The Kier molecular flexibility index (Phi) is 4.33. The van der Waals surface area contributed by atoms with Gasteiger partial charge in [-0.05, 0) is 11.1 Å². The maximum Gasteiger partial charge on any atom is 0.377 e. The smallest absolute Gasteiger partial charge is 0.377 e. The average Bonchev–Trinajstić information content (AvgIpc) is 2.49. The normalized spacial score (nSPS) is 13.1. The second-order valence-corrected chi connectivity index (χ2v) is 4.67. The van der Waals surface area contributed by atoms with Crippen LogP contribution in [0, 0.1) is 0 Å². The molecule has 3 nitrogen and oxygen atoms in total. The van der Waals surface area contributed by atoms with Crippen LogP contribution in [-0.4, -0.2) is 28.2 Å². The first kappa shape index (κ1) is 15.1. The number of rotatable bonds is 5. The number of carboxylic acid groups (broad SMARTS) is 1. The van der Waals surface area contributed by atoms with Gasteiger partial charge in [-0.1, -0.05) is 60.7 Å². The summed E-state index contributed by atoms with van der Waals surface area (Å²) in [6.07, 6.45) is -2.36. The number of aliphatic carboxylic acids is 1. The molecule has 0 spiro atoms. The van der Waals surface area contributed by atoms with E-state index in [2.05, 4.69) is 0 Å². The third kappa shape index (κ3) is 3.08. The number of carbonyl (C=O) groups is 1. The van der Waals surface area contributed by atoms with Crippen LogP contribution >= 0.6 is 0 Å². The maximum atomic E-state index is 13.7. The van der Waals surface area contributed by atoms with Crippen molar-refractivity contribution in [1.82, 2.24) is 0 Å². The number of halogens is 2. The Morgan fingerprint density at radius 3 is 1.62 bits per heavy atom. The van der Waals surface area contributed by atoms with Crippen LogP contribution in [0.2, 0.25) is 0 Å². The Balaban J connectivity index is 2.50. The molecule has 0 aliphatic carbocycles. The molecule has 0 saturated heterocycles. The Hall–Kier alpha value is -2.27. The minimum atomic E-state index is -4.24. The zero-order valence-corrected chi connectivity index (χ0v) is 11.0. The minimum absolute atomic E-state index is 0.428. The van der Waals surface area contributed by atoms with Crippen LogP contribution in [0.3, 0.4) is 0 Å². The maximum absolute atomic E-state index is 13.7. The van der Waals surface area contributed by atoms with Crippen LogP contribution in [0.25, 0.3) is 0 Å². The molecule has 0 aliphatic heterocycles. The number of benzene rings is 2. The van der Waals surface area contributed by atoms with Crippen LogP contribution in [0.5, 0.6) is 0 Å². The second kappa shape index (κ2) is 6.01. The predicted octanol–water partition coefficient (Wildman–Crippen LogP) is 2.90. The van der Waals surface area contributed by atoms with E-state index in [1.54, 1.807) is 60.7 Å². The standard InChI is InChI=1S/C16H14F2O3/c17-16(18,15(20)21)14(19)13(11-7-3-1-4-8-11)12-9-5-2-6-10-12/h1-10,13-14,19H,(H,20,21). The van der Waals surface area contributed by atoms with Gasteiger partial charge in [0.1, 0.15) is 6.10 Å². The molecular formula is C16H14F2O3. The molecule has 2 aromatic carbocycles. The summed E-state index contributed by atoms with van der Waals surface area (Å²) in [6, 6.07) is 16.4. The van der Waals surface area contributed by atoms with Crippen molar-refractivity contribution in [2.24, 2.45) is 0 Å². The Labute approximate surface area is 120 Å². The summed E-state index contributed by atoms with van der Waals surface area (Å²) in [4.78, 5) is 10.7. The van der Waals surface area contributed by atoms with Crippen LogP contribution in [0.1, 0.15) is 17.0 Å². The van der Waals surface area contributed by atoms with E-state index in [1.807, 2.05) is 0 Å². The number of hydrogen-bond acceptors (Lipinski definition) is 2. The molecule has 0 saturated carbocycles. The van der Waals surface area contributed by atoms with Gasteiger partial charge in [-0.15, -0.1) is 0 Å². The molecular weight excluding hydrogens is 278 g/mol. The van der Waals surface area contributed by atoms with Crippen molar-refractivity contribution in [3.63, 3.8) is 0 Å². The molecule has 0 aromatic heterocycles. The van der Waals surface area contributed by atoms with E-state index in [9.17, 15) is 18.7 Å². The first-order valence-electron chi connectivity index (χ1n) is 6.33. The molecule has 21 heavy (non-hydrogen) atoms. The number of carboxylic acids is 1. The minimum Gasteiger partial charge on any atom is -0.477 e. The number of hydrogen-bond donors (Lipinski definition) is 2. The van der Waals surface area contributed by atoms with Gasteiger partial charge in [-0.3, -0.25) is 0 Å². The number of aliphatic hydroxyl groups is 1. The van der Waals surface area contributed by atoms with Gasteiger partial charge in [0.15, 0.2) is 0 Å². The van der Waals surface area contributed by atoms with Gasteiger partial charge in [0.05, 0.1) is 0 Å². The van der Waals surface area contributed by atoms with E-state index in [4.69, 9.17) is 5.11 Å². The summed E-state index contributed by atoms with van der Waals surface area (Å²) in [5.41, 5.74) is 0.856. The van der Waals surface area contributed by atoms with Crippen LogP contribution in [-0.2, 0) is 4.79 Å². The van der Waals surface area contributed by atoms with Gasteiger partial charge in [-0.2, -0.15) is 8.78 Å². The lowest BCUT2D eigenvalue weighted by Gasteiger charge is -2.28. The Bertz CT molecular complexity index is 560. The molecule has 0 radical (unpaired) electrons. The van der Waals surface area contributed by atoms with Gasteiger partial charge in [0.25, 0.3) is 0 Å². The monoisotopic (exact) mass is 292 g/mol. The quantitative estimate of drug-likeness (QED) is 0.891. The van der Waals surface area contributed by atoms with E-state index < -0.39 is 23.9 Å². The number of aliphatic hydroxyl groups excluding tert-OH is 1. The highest BCUT2D eigenvalue weighted by atomic mass is 19.3. The summed E-state index contributed by atoms with van der Waals surface area (Å²) >= 11 is 0. The topological polar surface area (TPSA) is 57.5 Å². The van der Waals surface area contributed by atoms with Gasteiger partial charge >= 0.3 is 11.9 Å². The highest BCUT2D eigenvalue weighted by Crippen LogP contribution is 2.35. The molecule has 1 unspecified atom stereocenters. The van der Waals surface area contributed by atoms with Crippen molar-refractivity contribution in [1.29, 1.82) is 0 Å². The van der Waals surface area contributed by atoms with Crippen molar-refractivity contribution < 1.29 is 23.8 Å². The lowest BCUT2D eigenvalue weighted by Crippen LogP contribution is -2.45. The average molecular weight is 292 g/mol. The summed E-state index contributed by atoms with van der Waals surface area (Å²) in [5.74, 6) is -7.71. The van der Waals surface area contributed by atoms with E-state index >= 15 is 0 Å². The van der Waals surface area contributed by atoms with E-state index in [-0.39, 0.29) is 0 Å². The predicted molar refractivity (Wildman–Crippen MR) is 73.3 cm³/mol. The van der Waals surface area contributed by atoms with E-state index in [0.29, 0.717) is 11.1 Å². The van der Waals surface area contributed by atoms with Crippen molar-refractivity contribution >= 4 is 5.97 Å². The first-order chi connectivity index (χ1) is 9.94. The SMILES string of the molecule is O=C(O)C(F)(F)C(O)C(c1ccccc1)c1ccccc1. The van der Waals surface area contributed by atoms with Gasteiger partial charge < -0.3 is 10.2 Å². The summed E-state index contributed by atoms with van der Waals surface area (Å²) in [5, 5.41) is 18.6. The summed E-state index contributed by atoms with van der Waals surface area (Å²) < 4.78 is 27.4. The molecule has 2 rings (SSSR count). The van der Waals surface area contributed by atoms with E-state index in [1.165, 1.54) is 0 Å². The molecule has 2 N–H and O–H groups in total. The molecule has 0 amide bonds. The molecule has 1 atom stereocenters. The molecule has 0 aliphatic rings. The fraction of sp³-hybridized carbons (Fsp3) is 0.188. The lowest BCUT2D eigenvalue weighted by molar-refractivity contribution is -0.183. The molecule has 110 valence electrons. The largest absolute Gasteiger partial charge is 0.477 e. The fourth-order valence-electron chi connectivity index (χ4n) is 2.21. The number of alkyl halides is 2. The van der Waals surface area contributed by atoms with Crippen molar-refractivity contribution in [3.8, 4) is 0 Å². The van der Waals surface area contributed by atoms with Gasteiger partial charge in [0.2, 0.25) is 0 Å². The van der Waals surface area contributed by atoms with Gasteiger partial charge in [-0.25, -0.2) is 4.79 Å². The summed E-state index contributed by atoms with van der Waals surface area (Å²) in [6.45, 7) is 0. The van der Waals surface area contributed by atoms with Crippen LogP contribution in [0.15, 0.2) is 60.7 Å². The van der Waals surface area contributed by atoms with Crippen molar-refractivity contribution in [2.45, 2.75) is 17.9 Å². The zero-order chi connectivity index (χ0) is 15.5. The molecule has 0 bridgehead atoms. The molecule has 0 fully saturated rings. The first-order valence-corrected chi connectivity index (χ1v) is 6.33. The fourth-order valence-corrected chi connectivity index (χ4v) is 2.21.